The van der Waals surface area contributed by atoms with Gasteiger partial charge in [0.1, 0.15) is 0 Å². The summed E-state index contributed by atoms with van der Waals surface area (Å²) in [7, 11) is 1.77. The number of para-hydroxylation sites is 1. The van der Waals surface area contributed by atoms with E-state index in [0.717, 1.165) is 11.3 Å². The highest BCUT2D eigenvalue weighted by Crippen LogP contribution is 2.15. The quantitative estimate of drug-likeness (QED) is 0.802. The van der Waals surface area contributed by atoms with Gasteiger partial charge >= 0.3 is 0 Å². The molecule has 0 radical (unpaired) electrons. The molecule has 0 heterocycles. The van der Waals surface area contributed by atoms with E-state index < -0.39 is 6.04 Å². The van der Waals surface area contributed by atoms with Gasteiger partial charge in [-0.05, 0) is 42.2 Å². The second kappa shape index (κ2) is 9.15. The Kier molecular flexibility index (Phi) is 6.92. The van der Waals surface area contributed by atoms with Gasteiger partial charge in [0.25, 0.3) is 0 Å². The van der Waals surface area contributed by atoms with Gasteiger partial charge in [-0.2, -0.15) is 0 Å². The summed E-state index contributed by atoms with van der Waals surface area (Å²) < 4.78 is 0. The van der Waals surface area contributed by atoms with E-state index in [4.69, 9.17) is 5.73 Å². The highest BCUT2D eigenvalue weighted by Gasteiger charge is 2.15. The molecule has 0 aliphatic heterocycles. The van der Waals surface area contributed by atoms with Crippen LogP contribution in [0, 0.1) is 5.92 Å². The molecular formula is C21H27N3O2. The number of rotatable bonds is 7. The van der Waals surface area contributed by atoms with Crippen molar-refractivity contribution in [1.29, 1.82) is 0 Å². The number of carbonyl (C=O) groups excluding carboxylic acids is 2. The van der Waals surface area contributed by atoms with Crippen molar-refractivity contribution in [3.05, 3.63) is 60.2 Å². The van der Waals surface area contributed by atoms with Crippen LogP contribution in [0.15, 0.2) is 54.6 Å². The Morgan fingerprint density at radius 1 is 1.04 bits per heavy atom. The van der Waals surface area contributed by atoms with Gasteiger partial charge in [-0.3, -0.25) is 9.59 Å². The minimum Gasteiger partial charge on any atom is -0.325 e. The van der Waals surface area contributed by atoms with Crippen LogP contribution in [-0.2, 0) is 16.0 Å². The third-order valence-corrected chi connectivity index (χ3v) is 4.16. The summed E-state index contributed by atoms with van der Waals surface area (Å²) in [5, 5.41) is 2.82. The van der Waals surface area contributed by atoms with E-state index in [2.05, 4.69) is 5.32 Å². The maximum Gasteiger partial charge on any atom is 0.241 e. The molecular weight excluding hydrogens is 326 g/mol. The molecule has 0 saturated carbocycles. The zero-order valence-electron chi connectivity index (χ0n) is 15.6. The average Bonchev–Trinajstić information content (AvgIpc) is 2.62. The summed E-state index contributed by atoms with van der Waals surface area (Å²) in [6.07, 6.45) is 0.941. The Hall–Kier alpha value is -2.66. The van der Waals surface area contributed by atoms with Crippen molar-refractivity contribution < 1.29 is 9.59 Å². The molecule has 5 heteroatoms. The third-order valence-electron chi connectivity index (χ3n) is 4.16. The van der Waals surface area contributed by atoms with E-state index in [-0.39, 0.29) is 11.8 Å². The van der Waals surface area contributed by atoms with Crippen LogP contribution < -0.4 is 16.0 Å². The lowest BCUT2D eigenvalue weighted by Gasteiger charge is -2.17. The van der Waals surface area contributed by atoms with Gasteiger partial charge in [-0.1, -0.05) is 44.2 Å². The first kappa shape index (κ1) is 19.7. The number of nitrogens with one attached hydrogen (secondary N) is 1. The standard InChI is InChI=1S/C21H27N3O2/c1-15(2)13-19(22)21(26)23-17-11-9-16(10-12-17)14-20(25)24(3)18-7-5-4-6-8-18/h4-12,15,19H,13-14,22H2,1-3H3,(H,23,26)/t19-/m0/s1. The van der Waals surface area contributed by atoms with Gasteiger partial charge in [-0.25, -0.2) is 0 Å². The molecule has 0 fully saturated rings. The summed E-state index contributed by atoms with van der Waals surface area (Å²) >= 11 is 0. The van der Waals surface area contributed by atoms with Gasteiger partial charge in [-0.15, -0.1) is 0 Å². The number of hydrogen-bond donors (Lipinski definition) is 2. The normalized spacial score (nSPS) is 11.9. The highest BCUT2D eigenvalue weighted by molar-refractivity contribution is 5.95. The van der Waals surface area contributed by atoms with Crippen molar-refractivity contribution >= 4 is 23.2 Å². The van der Waals surface area contributed by atoms with Crippen LogP contribution in [-0.4, -0.2) is 24.9 Å². The maximum absolute atomic E-state index is 12.4. The molecule has 5 nitrogen and oxygen atoms in total. The molecule has 0 spiro atoms. The number of anilines is 2. The van der Waals surface area contributed by atoms with Crippen molar-refractivity contribution in [3.8, 4) is 0 Å². The van der Waals surface area contributed by atoms with Gasteiger partial charge < -0.3 is 16.0 Å². The smallest absolute Gasteiger partial charge is 0.241 e. The summed E-state index contributed by atoms with van der Waals surface area (Å²) in [6, 6.07) is 16.3. The van der Waals surface area contributed by atoms with E-state index in [0.29, 0.717) is 24.4 Å². The molecule has 0 saturated heterocycles. The minimum absolute atomic E-state index is 0.00643. The van der Waals surface area contributed by atoms with Crippen molar-refractivity contribution in [3.63, 3.8) is 0 Å². The number of nitrogens with zero attached hydrogens (tertiary/aromatic N) is 1. The van der Waals surface area contributed by atoms with Crippen LogP contribution in [0.2, 0.25) is 0 Å². The molecule has 0 aliphatic rings. The second-order valence-corrected chi connectivity index (χ2v) is 6.89. The van der Waals surface area contributed by atoms with Crippen LogP contribution in [0.5, 0.6) is 0 Å². The van der Waals surface area contributed by atoms with Gasteiger partial charge in [0.15, 0.2) is 0 Å². The Morgan fingerprint density at radius 2 is 1.65 bits per heavy atom. The molecule has 0 bridgehead atoms. The lowest BCUT2D eigenvalue weighted by atomic mass is 10.0. The Labute approximate surface area is 155 Å². The maximum atomic E-state index is 12.4. The molecule has 3 N–H and O–H groups in total. The topological polar surface area (TPSA) is 75.4 Å². The molecule has 0 aromatic heterocycles. The van der Waals surface area contributed by atoms with Crippen LogP contribution in [0.1, 0.15) is 25.8 Å². The molecule has 2 amide bonds. The first-order chi connectivity index (χ1) is 12.4. The first-order valence-corrected chi connectivity index (χ1v) is 8.84. The number of amides is 2. The molecule has 2 aromatic carbocycles. The first-order valence-electron chi connectivity index (χ1n) is 8.84. The number of hydrogen-bond acceptors (Lipinski definition) is 3. The van der Waals surface area contributed by atoms with Crippen LogP contribution >= 0.6 is 0 Å². The Morgan fingerprint density at radius 3 is 2.23 bits per heavy atom. The molecule has 26 heavy (non-hydrogen) atoms. The largest absolute Gasteiger partial charge is 0.325 e. The van der Waals surface area contributed by atoms with E-state index >= 15 is 0 Å². The van der Waals surface area contributed by atoms with Crippen molar-refractivity contribution in [2.75, 3.05) is 17.3 Å². The average molecular weight is 353 g/mol. The molecule has 2 rings (SSSR count). The molecule has 1 atom stereocenters. The zero-order chi connectivity index (χ0) is 19.1. The van der Waals surface area contributed by atoms with Crippen LogP contribution in [0.4, 0.5) is 11.4 Å². The molecule has 138 valence electrons. The van der Waals surface area contributed by atoms with Gasteiger partial charge in [0.2, 0.25) is 11.8 Å². The van der Waals surface area contributed by atoms with Crippen molar-refractivity contribution in [2.45, 2.75) is 32.7 Å². The summed E-state index contributed by atoms with van der Waals surface area (Å²) in [5.74, 6) is 0.184. The van der Waals surface area contributed by atoms with Crippen molar-refractivity contribution in [1.82, 2.24) is 0 Å². The number of likely N-dealkylation sites (N-methyl/N-ethyl adjacent to an activating group) is 1. The highest BCUT2D eigenvalue weighted by atomic mass is 16.2. The summed E-state index contributed by atoms with van der Waals surface area (Å²) in [4.78, 5) is 26.1. The molecule has 0 unspecified atom stereocenters. The zero-order valence-corrected chi connectivity index (χ0v) is 15.6. The second-order valence-electron chi connectivity index (χ2n) is 6.89. The SMILES string of the molecule is CC(C)C[C@H](N)C(=O)Nc1ccc(CC(=O)N(C)c2ccccc2)cc1. The van der Waals surface area contributed by atoms with E-state index in [1.165, 1.54) is 0 Å². The lowest BCUT2D eigenvalue weighted by Crippen LogP contribution is -2.36. The Bertz CT molecular complexity index is 727. The molecule has 0 aliphatic carbocycles. The van der Waals surface area contributed by atoms with Gasteiger partial charge in [0.05, 0.1) is 12.5 Å². The number of nitrogens with two attached hydrogens (primary N) is 1. The number of benzene rings is 2. The number of carbonyl (C=O) groups is 2. The predicted octanol–water partition coefficient (Wildman–Crippen LogP) is 3.20. The fourth-order valence-corrected chi connectivity index (χ4v) is 2.64. The van der Waals surface area contributed by atoms with E-state index in [1.54, 1.807) is 24.1 Å². The third kappa shape index (κ3) is 5.70. The van der Waals surface area contributed by atoms with Crippen LogP contribution in [0.3, 0.4) is 0 Å². The van der Waals surface area contributed by atoms with E-state index in [1.807, 2.05) is 56.3 Å². The van der Waals surface area contributed by atoms with E-state index in [9.17, 15) is 9.59 Å². The fourth-order valence-electron chi connectivity index (χ4n) is 2.64. The summed E-state index contributed by atoms with van der Waals surface area (Å²) in [6.45, 7) is 4.07. The fraction of sp³-hybridized carbons (Fsp3) is 0.333. The lowest BCUT2D eigenvalue weighted by molar-refractivity contribution is -0.118. The minimum atomic E-state index is -0.518. The van der Waals surface area contributed by atoms with Crippen LogP contribution in [0.25, 0.3) is 0 Å². The predicted molar refractivity (Wildman–Crippen MR) is 106 cm³/mol. The summed E-state index contributed by atoms with van der Waals surface area (Å²) in [5.41, 5.74) is 8.32. The van der Waals surface area contributed by atoms with Gasteiger partial charge in [0, 0.05) is 18.4 Å². The molecule has 2 aromatic rings. The Balaban J connectivity index is 1.93. The monoisotopic (exact) mass is 353 g/mol. The van der Waals surface area contributed by atoms with Crippen molar-refractivity contribution in [2.24, 2.45) is 11.7 Å².